The minimum Gasteiger partial charge on any atom is -0.457 e. The Hall–Kier alpha value is -3.52. The molecule has 1 N–H and O–H groups in total. The third-order valence-electron chi connectivity index (χ3n) is 7.88. The van der Waals surface area contributed by atoms with Gasteiger partial charge in [-0.2, -0.15) is 0 Å². The van der Waals surface area contributed by atoms with E-state index >= 15 is 0 Å². The highest BCUT2D eigenvalue weighted by molar-refractivity contribution is 6.01. The van der Waals surface area contributed by atoms with Crippen LogP contribution in [-0.4, -0.2) is 41.0 Å². The summed E-state index contributed by atoms with van der Waals surface area (Å²) in [5.41, 5.74) is -0.447. The van der Waals surface area contributed by atoms with Gasteiger partial charge in [-0.05, 0) is 46.0 Å². The van der Waals surface area contributed by atoms with E-state index in [1.165, 1.54) is 0 Å². The molecular formula is C30H34O8. The van der Waals surface area contributed by atoms with Gasteiger partial charge in [-0.3, -0.25) is 19.2 Å². The van der Waals surface area contributed by atoms with Crippen molar-refractivity contribution in [2.24, 2.45) is 11.3 Å². The van der Waals surface area contributed by atoms with E-state index < -0.39 is 47.4 Å². The summed E-state index contributed by atoms with van der Waals surface area (Å²) in [4.78, 5) is 50.0. The molecule has 0 unspecified atom stereocenters. The van der Waals surface area contributed by atoms with Crippen LogP contribution >= 0.6 is 0 Å². The fraction of sp³-hybridized carbons (Fsp3) is 0.467. The second-order valence-electron chi connectivity index (χ2n) is 10.2. The number of fused-ring (bicyclic) bond motifs is 5. The molecule has 0 saturated heterocycles. The molecule has 2 aromatic rings. The first-order valence-corrected chi connectivity index (χ1v) is 13.1. The van der Waals surface area contributed by atoms with Gasteiger partial charge in [-0.1, -0.05) is 58.9 Å². The summed E-state index contributed by atoms with van der Waals surface area (Å²) in [6.07, 6.45) is 1.51. The zero-order valence-electron chi connectivity index (χ0n) is 22.5. The number of Topliss-reactive ketones (excluding diaryl/α,β-unsaturated/α-hetero) is 1. The maximum Gasteiger partial charge on any atom is 0.310 e. The highest BCUT2D eigenvalue weighted by Crippen LogP contribution is 2.63. The van der Waals surface area contributed by atoms with E-state index in [4.69, 9.17) is 14.2 Å². The van der Waals surface area contributed by atoms with Crippen LogP contribution in [0.25, 0.3) is 16.3 Å². The Labute approximate surface area is 221 Å². The Morgan fingerprint density at radius 1 is 0.974 bits per heavy atom. The average molecular weight is 523 g/mol. The number of ketones is 1. The smallest absolute Gasteiger partial charge is 0.310 e. The summed E-state index contributed by atoms with van der Waals surface area (Å²) in [7, 11) is 0. The molecule has 0 bridgehead atoms. The molecule has 0 saturated carbocycles. The maximum absolute atomic E-state index is 13.8. The van der Waals surface area contributed by atoms with Gasteiger partial charge >= 0.3 is 17.9 Å². The number of carbonyl (C=O) groups excluding carboxylic acids is 4. The lowest BCUT2D eigenvalue weighted by Gasteiger charge is -2.49. The summed E-state index contributed by atoms with van der Waals surface area (Å²) in [5.74, 6) is -2.03. The Morgan fingerprint density at radius 2 is 1.66 bits per heavy atom. The average Bonchev–Trinajstić information content (AvgIpc) is 3.12. The zero-order chi connectivity index (χ0) is 27.8. The van der Waals surface area contributed by atoms with Crippen LogP contribution in [0, 0.1) is 11.3 Å². The maximum atomic E-state index is 13.8. The lowest BCUT2D eigenvalue weighted by molar-refractivity contribution is -0.187. The molecule has 0 aromatic heterocycles. The summed E-state index contributed by atoms with van der Waals surface area (Å²) < 4.78 is 16.5. The molecule has 38 heavy (non-hydrogen) atoms. The molecule has 8 heteroatoms. The van der Waals surface area contributed by atoms with Crippen molar-refractivity contribution in [1.82, 2.24) is 0 Å². The van der Waals surface area contributed by atoms with Gasteiger partial charge < -0.3 is 19.3 Å². The molecule has 2 aliphatic rings. The first kappa shape index (κ1) is 27.5. The van der Waals surface area contributed by atoms with Gasteiger partial charge in [0.15, 0.2) is 12.2 Å². The first-order valence-electron chi connectivity index (χ1n) is 13.1. The second kappa shape index (κ2) is 10.3. The van der Waals surface area contributed by atoms with Gasteiger partial charge in [0.25, 0.3) is 0 Å². The third-order valence-corrected chi connectivity index (χ3v) is 7.88. The summed E-state index contributed by atoms with van der Waals surface area (Å²) in [6.45, 7) is 8.12. The van der Waals surface area contributed by atoms with Crippen LogP contribution in [0.1, 0.15) is 77.5 Å². The molecule has 8 nitrogen and oxygen atoms in total. The van der Waals surface area contributed by atoms with Crippen molar-refractivity contribution < 1.29 is 38.5 Å². The Bertz CT molecular complexity index is 1340. The molecule has 202 valence electrons. The van der Waals surface area contributed by atoms with E-state index in [0.717, 1.165) is 21.9 Å². The number of carbonyl (C=O) groups is 4. The van der Waals surface area contributed by atoms with Crippen LogP contribution < -0.4 is 4.74 Å². The highest BCUT2D eigenvalue weighted by atomic mass is 16.6. The van der Waals surface area contributed by atoms with E-state index in [9.17, 15) is 24.3 Å². The number of aliphatic hydroxyl groups is 1. The molecule has 2 aliphatic carbocycles. The number of ether oxygens (including phenoxy) is 3. The van der Waals surface area contributed by atoms with Gasteiger partial charge in [-0.15, -0.1) is 0 Å². The van der Waals surface area contributed by atoms with E-state index in [1.54, 1.807) is 39.8 Å². The van der Waals surface area contributed by atoms with Crippen molar-refractivity contribution in [2.45, 2.75) is 72.0 Å². The largest absolute Gasteiger partial charge is 0.457 e. The van der Waals surface area contributed by atoms with Crippen LogP contribution in [-0.2, 0) is 28.7 Å². The molecule has 4 rings (SSSR count). The quantitative estimate of drug-likeness (QED) is 0.387. The molecule has 0 amide bonds. The molecule has 0 heterocycles. The Morgan fingerprint density at radius 3 is 2.32 bits per heavy atom. The Kier molecular flexibility index (Phi) is 7.48. The van der Waals surface area contributed by atoms with Crippen LogP contribution in [0.2, 0.25) is 0 Å². The minimum absolute atomic E-state index is 0.0661. The van der Waals surface area contributed by atoms with Crippen molar-refractivity contribution in [3.63, 3.8) is 0 Å². The zero-order valence-corrected chi connectivity index (χ0v) is 22.5. The minimum atomic E-state index is -1.64. The van der Waals surface area contributed by atoms with Gasteiger partial charge in [0.05, 0.1) is 6.10 Å². The van der Waals surface area contributed by atoms with Crippen molar-refractivity contribution in [3.8, 4) is 5.75 Å². The Balaban J connectivity index is 1.82. The van der Waals surface area contributed by atoms with Crippen molar-refractivity contribution in [3.05, 3.63) is 47.5 Å². The monoisotopic (exact) mass is 522 g/mol. The number of esters is 3. The molecule has 2 aromatic carbocycles. The number of rotatable bonds is 8. The first-order chi connectivity index (χ1) is 18.0. The summed E-state index contributed by atoms with van der Waals surface area (Å²) >= 11 is 0. The van der Waals surface area contributed by atoms with Crippen LogP contribution in [0.4, 0.5) is 0 Å². The molecular weight excluding hydrogens is 488 g/mol. The number of hydrogen-bond donors (Lipinski definition) is 1. The highest BCUT2D eigenvalue weighted by Gasteiger charge is 2.66. The van der Waals surface area contributed by atoms with Crippen LogP contribution in [0.5, 0.6) is 5.75 Å². The normalized spacial score (nSPS) is 25.7. The van der Waals surface area contributed by atoms with E-state index in [0.29, 0.717) is 11.3 Å². The van der Waals surface area contributed by atoms with Crippen molar-refractivity contribution in [2.75, 3.05) is 6.61 Å². The van der Waals surface area contributed by atoms with Crippen LogP contribution in [0.15, 0.2) is 36.4 Å². The van der Waals surface area contributed by atoms with E-state index in [2.05, 4.69) is 0 Å². The molecule has 4 atom stereocenters. The fourth-order valence-electron chi connectivity index (χ4n) is 6.02. The topological polar surface area (TPSA) is 116 Å². The van der Waals surface area contributed by atoms with Gasteiger partial charge in [0.1, 0.15) is 5.75 Å². The standard InChI is InChI=1S/C30H34O8/c1-6-25(33)36-16-24(32)30(38-27(35)8-3)17(4)13-22-21-11-9-18-14-19(37-26(34)7-2)10-12-20(18)28(21)23(31)15-29(22,30)5/h9-14,17,23,31H,6-8,15-16H2,1-5H3/t17-,23-,29+,30+/m1/s1. The predicted molar refractivity (Wildman–Crippen MR) is 140 cm³/mol. The van der Waals surface area contributed by atoms with Gasteiger partial charge in [0.2, 0.25) is 5.78 Å². The molecule has 0 fully saturated rings. The van der Waals surface area contributed by atoms with Crippen molar-refractivity contribution in [1.29, 1.82) is 0 Å². The predicted octanol–water partition coefficient (Wildman–Crippen LogP) is 4.85. The van der Waals surface area contributed by atoms with E-state index in [1.807, 2.05) is 31.2 Å². The lowest BCUT2D eigenvalue weighted by Crippen LogP contribution is -2.59. The fourth-order valence-corrected chi connectivity index (χ4v) is 6.02. The summed E-state index contributed by atoms with van der Waals surface area (Å²) in [6, 6.07) is 9.03. The van der Waals surface area contributed by atoms with Gasteiger partial charge in [-0.25, -0.2) is 0 Å². The molecule has 0 radical (unpaired) electrons. The summed E-state index contributed by atoms with van der Waals surface area (Å²) in [5, 5.41) is 13.1. The molecule has 0 spiro atoms. The molecule has 0 aliphatic heterocycles. The van der Waals surface area contributed by atoms with Crippen LogP contribution in [0.3, 0.4) is 0 Å². The number of benzene rings is 2. The third kappa shape index (κ3) is 4.30. The van der Waals surface area contributed by atoms with Gasteiger partial charge in [0, 0.05) is 30.6 Å². The van der Waals surface area contributed by atoms with E-state index in [-0.39, 0.29) is 31.7 Å². The second-order valence-corrected chi connectivity index (χ2v) is 10.2. The number of hydrogen-bond acceptors (Lipinski definition) is 8. The number of aliphatic hydroxyl groups excluding tert-OH is 1. The SMILES string of the molecule is CCC(=O)OCC(=O)[C@@]1(OC(=O)CC)[C@H](C)C=C2c3ccc4cc(OC(=O)CC)ccc4c3[C@H](O)C[C@@]21C. The van der Waals surface area contributed by atoms with Crippen molar-refractivity contribution >= 4 is 40.0 Å². The lowest BCUT2D eigenvalue weighted by atomic mass is 9.59.